The summed E-state index contributed by atoms with van der Waals surface area (Å²) in [5.74, 6) is 1.24. The van der Waals surface area contributed by atoms with Gasteiger partial charge in [-0.1, -0.05) is 11.6 Å². The molecule has 1 heterocycles. The van der Waals surface area contributed by atoms with Gasteiger partial charge in [-0.05, 0) is 26.0 Å². The van der Waals surface area contributed by atoms with Gasteiger partial charge in [-0.15, -0.1) is 0 Å². The highest BCUT2D eigenvalue weighted by molar-refractivity contribution is 6.33. The Morgan fingerprint density at radius 1 is 1.32 bits per heavy atom. The zero-order valence-electron chi connectivity index (χ0n) is 12.9. The summed E-state index contributed by atoms with van der Waals surface area (Å²) in [4.78, 5) is 11.8. The molecule has 1 aromatic heterocycles. The molecule has 2 aromatic rings. The van der Waals surface area contributed by atoms with Gasteiger partial charge in [0, 0.05) is 18.8 Å². The third kappa shape index (κ3) is 3.51. The van der Waals surface area contributed by atoms with E-state index in [2.05, 4.69) is 10.4 Å². The first-order valence-corrected chi connectivity index (χ1v) is 7.13. The molecular formula is C15H18ClN3O3. The number of aromatic nitrogens is 2. The van der Waals surface area contributed by atoms with Crippen LogP contribution in [0.1, 0.15) is 13.8 Å². The van der Waals surface area contributed by atoms with E-state index in [0.717, 1.165) is 0 Å². The number of methoxy groups -OCH3 is 1. The van der Waals surface area contributed by atoms with Gasteiger partial charge in [0.1, 0.15) is 5.02 Å². The molecule has 1 N–H and O–H groups in total. The summed E-state index contributed by atoms with van der Waals surface area (Å²) in [7, 11) is 3.12. The van der Waals surface area contributed by atoms with Crippen LogP contribution < -0.4 is 20.3 Å². The summed E-state index contributed by atoms with van der Waals surface area (Å²) in [5, 5.41) is 7.09. The number of ether oxygens (including phenoxy) is 2. The number of anilines is 2. The number of nitrogens with zero attached hydrogens (tertiary/aromatic N) is 2. The van der Waals surface area contributed by atoms with Crippen LogP contribution in [0.15, 0.2) is 29.2 Å². The van der Waals surface area contributed by atoms with E-state index in [1.54, 1.807) is 32.4 Å². The molecule has 0 aliphatic heterocycles. The highest BCUT2D eigenvalue weighted by atomic mass is 35.5. The van der Waals surface area contributed by atoms with Crippen molar-refractivity contribution in [2.24, 2.45) is 7.05 Å². The molecule has 1 aromatic carbocycles. The maximum Gasteiger partial charge on any atom is 0.287 e. The van der Waals surface area contributed by atoms with E-state index in [1.807, 2.05) is 13.8 Å². The van der Waals surface area contributed by atoms with Crippen LogP contribution in [-0.2, 0) is 7.05 Å². The fourth-order valence-electron chi connectivity index (χ4n) is 1.85. The summed E-state index contributed by atoms with van der Waals surface area (Å²) in [6.45, 7) is 3.86. The zero-order valence-corrected chi connectivity index (χ0v) is 13.6. The van der Waals surface area contributed by atoms with E-state index in [1.165, 1.54) is 10.9 Å². The molecule has 7 heteroatoms. The first-order chi connectivity index (χ1) is 10.4. The van der Waals surface area contributed by atoms with E-state index in [-0.39, 0.29) is 16.7 Å². The Kier molecular flexibility index (Phi) is 4.92. The zero-order chi connectivity index (χ0) is 16.3. The molecule has 6 nitrogen and oxygen atoms in total. The van der Waals surface area contributed by atoms with E-state index < -0.39 is 0 Å². The summed E-state index contributed by atoms with van der Waals surface area (Å²) in [6, 6.07) is 5.37. The molecular weight excluding hydrogens is 306 g/mol. The molecule has 0 atom stereocenters. The number of aryl methyl sites for hydroxylation is 1. The SMILES string of the molecule is COc1ccc(Nc2cnn(C)c(=O)c2Cl)cc1OC(C)C. The Labute approximate surface area is 133 Å². The van der Waals surface area contributed by atoms with Crippen LogP contribution in [0.25, 0.3) is 0 Å². The highest BCUT2D eigenvalue weighted by Crippen LogP contribution is 2.32. The Balaban J connectivity index is 2.34. The second-order valence-corrected chi connectivity index (χ2v) is 5.34. The molecule has 0 saturated heterocycles. The Morgan fingerprint density at radius 2 is 2.05 bits per heavy atom. The number of benzene rings is 1. The quantitative estimate of drug-likeness (QED) is 0.916. The van der Waals surface area contributed by atoms with E-state index >= 15 is 0 Å². The van der Waals surface area contributed by atoms with Crippen LogP contribution in [-0.4, -0.2) is 23.0 Å². The van der Waals surface area contributed by atoms with Crippen molar-refractivity contribution in [1.29, 1.82) is 0 Å². The van der Waals surface area contributed by atoms with Crippen molar-refractivity contribution in [3.63, 3.8) is 0 Å². The summed E-state index contributed by atoms with van der Waals surface area (Å²) in [5.41, 5.74) is 0.790. The summed E-state index contributed by atoms with van der Waals surface area (Å²) < 4.78 is 12.1. The summed E-state index contributed by atoms with van der Waals surface area (Å²) >= 11 is 6.04. The normalized spacial score (nSPS) is 10.6. The molecule has 0 aliphatic carbocycles. The van der Waals surface area contributed by atoms with Crippen molar-refractivity contribution in [2.75, 3.05) is 12.4 Å². The smallest absolute Gasteiger partial charge is 0.287 e. The minimum Gasteiger partial charge on any atom is -0.493 e. The highest BCUT2D eigenvalue weighted by Gasteiger charge is 2.11. The number of rotatable bonds is 5. The molecule has 118 valence electrons. The van der Waals surface area contributed by atoms with E-state index in [4.69, 9.17) is 21.1 Å². The molecule has 0 spiro atoms. The molecule has 0 fully saturated rings. The third-order valence-electron chi connectivity index (χ3n) is 2.88. The van der Waals surface area contributed by atoms with Gasteiger partial charge in [0.05, 0.1) is 25.1 Å². The van der Waals surface area contributed by atoms with Crippen LogP contribution in [0.5, 0.6) is 11.5 Å². The van der Waals surface area contributed by atoms with Crippen LogP contribution in [0.4, 0.5) is 11.4 Å². The first kappa shape index (κ1) is 16.2. The van der Waals surface area contributed by atoms with Crippen molar-refractivity contribution >= 4 is 23.0 Å². The average Bonchev–Trinajstić information content (AvgIpc) is 2.48. The lowest BCUT2D eigenvalue weighted by Gasteiger charge is -2.15. The molecule has 0 unspecified atom stereocenters. The predicted molar refractivity (Wildman–Crippen MR) is 86.5 cm³/mol. The minimum atomic E-state index is -0.362. The monoisotopic (exact) mass is 323 g/mol. The lowest BCUT2D eigenvalue weighted by Crippen LogP contribution is -2.20. The van der Waals surface area contributed by atoms with Gasteiger partial charge < -0.3 is 14.8 Å². The Bertz CT molecular complexity index is 728. The lowest BCUT2D eigenvalue weighted by atomic mass is 10.2. The van der Waals surface area contributed by atoms with Crippen molar-refractivity contribution < 1.29 is 9.47 Å². The predicted octanol–water partition coefficient (Wildman–Crippen LogP) is 2.97. The molecule has 0 amide bonds. The number of halogens is 1. The van der Waals surface area contributed by atoms with Gasteiger partial charge in [-0.25, -0.2) is 4.68 Å². The topological polar surface area (TPSA) is 65.4 Å². The molecule has 0 bridgehead atoms. The van der Waals surface area contributed by atoms with Crippen molar-refractivity contribution in [1.82, 2.24) is 9.78 Å². The van der Waals surface area contributed by atoms with Crippen LogP contribution in [0.2, 0.25) is 5.02 Å². The van der Waals surface area contributed by atoms with E-state index in [0.29, 0.717) is 22.9 Å². The van der Waals surface area contributed by atoms with Gasteiger partial charge in [0.15, 0.2) is 11.5 Å². The van der Waals surface area contributed by atoms with E-state index in [9.17, 15) is 4.79 Å². The van der Waals surface area contributed by atoms with Crippen molar-refractivity contribution in [3.8, 4) is 11.5 Å². The van der Waals surface area contributed by atoms with Gasteiger partial charge in [0.2, 0.25) is 0 Å². The third-order valence-corrected chi connectivity index (χ3v) is 3.25. The maximum absolute atomic E-state index is 11.8. The van der Waals surface area contributed by atoms with Crippen LogP contribution in [0, 0.1) is 0 Å². The van der Waals surface area contributed by atoms with Gasteiger partial charge in [-0.3, -0.25) is 4.79 Å². The maximum atomic E-state index is 11.8. The second-order valence-electron chi connectivity index (χ2n) is 4.96. The first-order valence-electron chi connectivity index (χ1n) is 6.76. The second kappa shape index (κ2) is 6.70. The van der Waals surface area contributed by atoms with Gasteiger partial charge in [-0.2, -0.15) is 5.10 Å². The van der Waals surface area contributed by atoms with Crippen molar-refractivity contribution in [3.05, 3.63) is 39.8 Å². The summed E-state index contributed by atoms with van der Waals surface area (Å²) in [6.07, 6.45) is 1.51. The molecule has 0 saturated carbocycles. The van der Waals surface area contributed by atoms with Gasteiger partial charge >= 0.3 is 0 Å². The average molecular weight is 324 g/mol. The fourth-order valence-corrected chi connectivity index (χ4v) is 2.07. The van der Waals surface area contributed by atoms with Crippen LogP contribution in [0.3, 0.4) is 0 Å². The Morgan fingerprint density at radius 3 is 2.68 bits per heavy atom. The minimum absolute atomic E-state index is 0.0124. The molecule has 2 rings (SSSR count). The Hall–Kier alpha value is -2.21. The fraction of sp³-hybridized carbons (Fsp3) is 0.333. The lowest BCUT2D eigenvalue weighted by molar-refractivity contribution is 0.230. The number of nitrogens with one attached hydrogen (secondary N) is 1. The number of hydrogen-bond acceptors (Lipinski definition) is 5. The molecule has 0 aliphatic rings. The molecule has 0 radical (unpaired) electrons. The number of hydrogen-bond donors (Lipinski definition) is 1. The standard InChI is InChI=1S/C15H18ClN3O3/c1-9(2)22-13-7-10(5-6-12(13)21-4)18-11-8-17-19(3)15(20)14(11)16/h5-9,18H,1-4H3. The van der Waals surface area contributed by atoms with Crippen LogP contribution >= 0.6 is 11.6 Å². The largest absolute Gasteiger partial charge is 0.493 e. The van der Waals surface area contributed by atoms with Gasteiger partial charge in [0.25, 0.3) is 5.56 Å². The molecule has 22 heavy (non-hydrogen) atoms. The van der Waals surface area contributed by atoms with Crippen molar-refractivity contribution in [2.45, 2.75) is 20.0 Å².